The van der Waals surface area contributed by atoms with E-state index in [0.717, 1.165) is 0 Å². The molecule has 1 N–H and O–H groups in total. The summed E-state index contributed by atoms with van der Waals surface area (Å²) in [4.78, 5) is 23.1. The van der Waals surface area contributed by atoms with E-state index in [2.05, 4.69) is 25.1 Å². The molecule has 0 aliphatic carbocycles. The van der Waals surface area contributed by atoms with Crippen molar-refractivity contribution in [2.24, 2.45) is 0 Å². The lowest BCUT2D eigenvalue weighted by Crippen LogP contribution is -2.11. The van der Waals surface area contributed by atoms with E-state index < -0.39 is 11.4 Å². The standard InChI is InChI=1S/C15H8FN5O2S/c16-10-4-2-1-3-8(10)13-20-21-14(23-13)9-7-18-11(19-12(9)22)15-17-5-6-24-15/h1-7H,(H,18,19,22). The molecule has 0 fully saturated rings. The maximum atomic E-state index is 13.8. The molecule has 0 amide bonds. The SMILES string of the molecule is O=c1[nH]c(-c2nccs2)ncc1-c1nnc(-c2ccccc2F)o1. The monoisotopic (exact) mass is 341 g/mol. The van der Waals surface area contributed by atoms with E-state index >= 15 is 0 Å². The highest BCUT2D eigenvalue weighted by molar-refractivity contribution is 7.12. The van der Waals surface area contributed by atoms with Crippen molar-refractivity contribution in [1.29, 1.82) is 0 Å². The smallest absolute Gasteiger partial charge is 0.264 e. The number of aromatic nitrogens is 5. The van der Waals surface area contributed by atoms with Crippen LogP contribution >= 0.6 is 11.3 Å². The largest absolute Gasteiger partial charge is 0.416 e. The number of thiazole rings is 1. The summed E-state index contributed by atoms with van der Waals surface area (Å²) in [6.07, 6.45) is 2.95. The summed E-state index contributed by atoms with van der Waals surface area (Å²) in [6, 6.07) is 6.01. The number of hydrogen-bond donors (Lipinski definition) is 1. The molecule has 0 bridgehead atoms. The van der Waals surface area contributed by atoms with Crippen LogP contribution in [0.1, 0.15) is 0 Å². The van der Waals surface area contributed by atoms with E-state index in [0.29, 0.717) is 10.8 Å². The molecule has 0 radical (unpaired) electrons. The van der Waals surface area contributed by atoms with Gasteiger partial charge in [-0.15, -0.1) is 21.5 Å². The molecule has 0 aliphatic heterocycles. The molecule has 24 heavy (non-hydrogen) atoms. The Hall–Kier alpha value is -3.20. The Balaban J connectivity index is 1.73. The second-order valence-electron chi connectivity index (χ2n) is 4.70. The van der Waals surface area contributed by atoms with Crippen molar-refractivity contribution in [3.05, 3.63) is 58.2 Å². The fraction of sp³-hybridized carbons (Fsp3) is 0. The molecule has 0 spiro atoms. The molecule has 4 aromatic rings. The molecule has 0 aliphatic rings. The Morgan fingerprint density at radius 2 is 1.88 bits per heavy atom. The predicted molar refractivity (Wildman–Crippen MR) is 84.7 cm³/mol. The molecule has 9 heteroatoms. The molecule has 0 saturated carbocycles. The zero-order chi connectivity index (χ0) is 16.5. The number of halogens is 1. The van der Waals surface area contributed by atoms with Gasteiger partial charge < -0.3 is 9.40 Å². The van der Waals surface area contributed by atoms with Crippen LogP contribution in [0.5, 0.6) is 0 Å². The average Bonchev–Trinajstić information content (AvgIpc) is 3.27. The van der Waals surface area contributed by atoms with Gasteiger partial charge in [0.2, 0.25) is 0 Å². The highest BCUT2D eigenvalue weighted by atomic mass is 32.1. The van der Waals surface area contributed by atoms with Crippen molar-refractivity contribution < 1.29 is 8.81 Å². The van der Waals surface area contributed by atoms with E-state index in [1.165, 1.54) is 29.7 Å². The highest BCUT2D eigenvalue weighted by Crippen LogP contribution is 2.24. The van der Waals surface area contributed by atoms with E-state index in [1.54, 1.807) is 23.7 Å². The van der Waals surface area contributed by atoms with Crippen molar-refractivity contribution in [1.82, 2.24) is 25.1 Å². The van der Waals surface area contributed by atoms with Crippen molar-refractivity contribution in [3.63, 3.8) is 0 Å². The summed E-state index contributed by atoms with van der Waals surface area (Å²) in [5.74, 6) is -0.175. The fourth-order valence-electron chi connectivity index (χ4n) is 2.07. The van der Waals surface area contributed by atoms with Gasteiger partial charge in [0.15, 0.2) is 10.8 Å². The Morgan fingerprint density at radius 3 is 2.58 bits per heavy atom. The van der Waals surface area contributed by atoms with E-state index in [-0.39, 0.29) is 22.9 Å². The molecule has 1 aromatic carbocycles. The van der Waals surface area contributed by atoms with Crippen molar-refractivity contribution in [2.45, 2.75) is 0 Å². The predicted octanol–water partition coefficient (Wildman–Crippen LogP) is 2.75. The molecule has 3 heterocycles. The number of benzene rings is 1. The van der Waals surface area contributed by atoms with Gasteiger partial charge in [-0.2, -0.15) is 0 Å². The Labute approximate surface area is 137 Å². The minimum absolute atomic E-state index is 0.00787. The topological polar surface area (TPSA) is 97.6 Å². The summed E-state index contributed by atoms with van der Waals surface area (Å²) in [5.41, 5.74) is -0.177. The number of aromatic amines is 1. The minimum atomic E-state index is -0.487. The van der Waals surface area contributed by atoms with Crippen LogP contribution in [-0.4, -0.2) is 25.1 Å². The summed E-state index contributed by atoms with van der Waals surface area (Å²) < 4.78 is 19.2. The average molecular weight is 341 g/mol. The number of hydrogen-bond acceptors (Lipinski definition) is 7. The van der Waals surface area contributed by atoms with Crippen LogP contribution in [0, 0.1) is 5.82 Å². The van der Waals surface area contributed by atoms with Gasteiger partial charge in [0.05, 0.1) is 5.56 Å². The van der Waals surface area contributed by atoms with Crippen molar-refractivity contribution in [3.8, 4) is 33.7 Å². The molecule has 0 saturated heterocycles. The Kier molecular flexibility index (Phi) is 3.47. The number of nitrogens with one attached hydrogen (secondary N) is 1. The van der Waals surface area contributed by atoms with E-state index in [1.807, 2.05) is 0 Å². The fourth-order valence-corrected chi connectivity index (χ4v) is 2.66. The van der Waals surface area contributed by atoms with Crippen molar-refractivity contribution >= 4 is 11.3 Å². The maximum absolute atomic E-state index is 13.8. The van der Waals surface area contributed by atoms with Crippen LogP contribution in [0.2, 0.25) is 0 Å². The zero-order valence-electron chi connectivity index (χ0n) is 11.9. The minimum Gasteiger partial charge on any atom is -0.416 e. The van der Waals surface area contributed by atoms with Crippen LogP contribution in [0.15, 0.2) is 51.3 Å². The zero-order valence-corrected chi connectivity index (χ0v) is 12.7. The lowest BCUT2D eigenvalue weighted by molar-refractivity contribution is 0.569. The van der Waals surface area contributed by atoms with Gasteiger partial charge in [-0.25, -0.2) is 14.4 Å². The highest BCUT2D eigenvalue weighted by Gasteiger charge is 2.17. The molecule has 3 aromatic heterocycles. The van der Waals surface area contributed by atoms with Crippen LogP contribution in [0.3, 0.4) is 0 Å². The first-order valence-corrected chi connectivity index (χ1v) is 7.68. The van der Waals surface area contributed by atoms with Crippen molar-refractivity contribution in [2.75, 3.05) is 0 Å². The van der Waals surface area contributed by atoms with Crippen LogP contribution in [0.4, 0.5) is 4.39 Å². The van der Waals surface area contributed by atoms with Crippen LogP contribution < -0.4 is 5.56 Å². The van der Waals surface area contributed by atoms with Gasteiger partial charge in [0.25, 0.3) is 17.3 Å². The van der Waals surface area contributed by atoms with Gasteiger partial charge in [-0.1, -0.05) is 12.1 Å². The molecular formula is C15H8FN5O2S. The van der Waals surface area contributed by atoms with E-state index in [9.17, 15) is 9.18 Å². The van der Waals surface area contributed by atoms with Gasteiger partial charge in [-0.05, 0) is 12.1 Å². The third-order valence-electron chi connectivity index (χ3n) is 3.19. The second-order valence-corrected chi connectivity index (χ2v) is 5.60. The summed E-state index contributed by atoms with van der Waals surface area (Å²) in [5, 5.41) is 9.96. The summed E-state index contributed by atoms with van der Waals surface area (Å²) in [6.45, 7) is 0. The van der Waals surface area contributed by atoms with Gasteiger partial charge in [0.1, 0.15) is 11.4 Å². The third kappa shape index (κ3) is 2.50. The molecular weight excluding hydrogens is 333 g/mol. The number of H-pyrrole nitrogens is 1. The summed E-state index contributed by atoms with van der Waals surface area (Å²) in [7, 11) is 0. The lowest BCUT2D eigenvalue weighted by atomic mass is 10.2. The first-order chi connectivity index (χ1) is 11.7. The maximum Gasteiger partial charge on any atom is 0.264 e. The Bertz CT molecular complexity index is 1060. The second kappa shape index (κ2) is 5.78. The molecule has 118 valence electrons. The summed E-state index contributed by atoms with van der Waals surface area (Å²) >= 11 is 1.35. The lowest BCUT2D eigenvalue weighted by Gasteiger charge is -1.98. The molecule has 4 rings (SSSR count). The van der Waals surface area contributed by atoms with Crippen LogP contribution in [0.25, 0.3) is 33.7 Å². The number of rotatable bonds is 3. The molecule has 0 unspecified atom stereocenters. The first-order valence-electron chi connectivity index (χ1n) is 6.80. The molecule has 7 nitrogen and oxygen atoms in total. The third-order valence-corrected chi connectivity index (χ3v) is 3.97. The Morgan fingerprint density at radius 1 is 1.08 bits per heavy atom. The quantitative estimate of drug-likeness (QED) is 0.615. The van der Waals surface area contributed by atoms with Gasteiger partial charge in [-0.3, -0.25) is 4.79 Å². The van der Waals surface area contributed by atoms with Gasteiger partial charge in [0, 0.05) is 17.8 Å². The first kappa shape index (κ1) is 14.4. The van der Waals surface area contributed by atoms with Gasteiger partial charge >= 0.3 is 0 Å². The number of nitrogens with zero attached hydrogens (tertiary/aromatic N) is 4. The van der Waals surface area contributed by atoms with Crippen LogP contribution in [-0.2, 0) is 0 Å². The van der Waals surface area contributed by atoms with E-state index in [4.69, 9.17) is 4.42 Å². The normalized spacial score (nSPS) is 10.9. The molecule has 0 atom stereocenters.